The summed E-state index contributed by atoms with van der Waals surface area (Å²) < 4.78 is 11.4. The van der Waals surface area contributed by atoms with Gasteiger partial charge in [-0.2, -0.15) is 0 Å². The molecule has 1 nitrogen and oxygen atoms in total. The highest BCUT2D eigenvalue weighted by molar-refractivity contribution is 7.44. The zero-order chi connectivity index (χ0) is 9.94. The molecule has 1 unspecified atom stereocenters. The van der Waals surface area contributed by atoms with E-state index in [4.69, 9.17) is 0 Å². The van der Waals surface area contributed by atoms with E-state index in [2.05, 4.69) is 13.8 Å². The lowest BCUT2D eigenvalue weighted by Crippen LogP contribution is -1.85. The van der Waals surface area contributed by atoms with Gasteiger partial charge in [-0.25, -0.2) is 0 Å². The SMILES string of the molecule is CCCCCC[P+](=O)CCCCC. The molecule has 2 heteroatoms. The fourth-order valence-corrected chi connectivity index (χ4v) is 2.74. The van der Waals surface area contributed by atoms with Gasteiger partial charge in [0.2, 0.25) is 0 Å². The largest absolute Gasteiger partial charge is 0.338 e. The first kappa shape index (κ1) is 13.1. The quantitative estimate of drug-likeness (QED) is 0.396. The second-order valence-corrected chi connectivity index (χ2v) is 5.55. The molecule has 78 valence electrons. The minimum Gasteiger partial charge on any atom is -0.0748 e. The molecule has 1 atom stereocenters. The number of hydrogen-bond acceptors (Lipinski definition) is 1. The fourth-order valence-electron chi connectivity index (χ4n) is 1.36. The van der Waals surface area contributed by atoms with E-state index in [1.807, 2.05) is 0 Å². The van der Waals surface area contributed by atoms with Crippen LogP contribution in [0.4, 0.5) is 0 Å². The van der Waals surface area contributed by atoms with Crippen LogP contribution in [0.5, 0.6) is 0 Å². The van der Waals surface area contributed by atoms with Crippen LogP contribution < -0.4 is 0 Å². The summed E-state index contributed by atoms with van der Waals surface area (Å²) in [4.78, 5) is 0. The third-order valence-electron chi connectivity index (χ3n) is 2.27. The number of rotatable bonds is 9. The van der Waals surface area contributed by atoms with E-state index >= 15 is 0 Å². The maximum atomic E-state index is 11.4. The van der Waals surface area contributed by atoms with Crippen LogP contribution in [0.1, 0.15) is 58.8 Å². The van der Waals surface area contributed by atoms with Crippen LogP contribution in [0, 0.1) is 0 Å². The van der Waals surface area contributed by atoms with Crippen LogP contribution in [0.2, 0.25) is 0 Å². The summed E-state index contributed by atoms with van der Waals surface area (Å²) in [6.07, 6.45) is 10.6. The molecule has 0 aliphatic carbocycles. The Kier molecular flexibility index (Phi) is 10.3. The number of hydrogen-bond donors (Lipinski definition) is 0. The van der Waals surface area contributed by atoms with E-state index in [0.717, 1.165) is 12.3 Å². The molecule has 0 amide bonds. The van der Waals surface area contributed by atoms with Gasteiger partial charge in [-0.15, -0.1) is 0 Å². The van der Waals surface area contributed by atoms with Crippen molar-refractivity contribution in [1.82, 2.24) is 0 Å². The van der Waals surface area contributed by atoms with E-state index in [9.17, 15) is 4.57 Å². The van der Waals surface area contributed by atoms with Crippen molar-refractivity contribution in [1.29, 1.82) is 0 Å². The first-order valence-electron chi connectivity index (χ1n) is 5.73. The smallest absolute Gasteiger partial charge is 0.0748 e. The predicted octanol–water partition coefficient (Wildman–Crippen LogP) is 4.58. The van der Waals surface area contributed by atoms with E-state index < -0.39 is 7.80 Å². The minimum atomic E-state index is -0.859. The second kappa shape index (κ2) is 10.2. The maximum absolute atomic E-state index is 11.4. The maximum Gasteiger partial charge on any atom is 0.338 e. The highest BCUT2D eigenvalue weighted by Gasteiger charge is 2.12. The molecule has 0 fully saturated rings. The Balaban J connectivity index is 3.11. The lowest BCUT2D eigenvalue weighted by atomic mass is 10.2. The van der Waals surface area contributed by atoms with Gasteiger partial charge in [0.05, 0.1) is 0 Å². The van der Waals surface area contributed by atoms with Crippen molar-refractivity contribution in [2.75, 3.05) is 12.3 Å². The molecule has 0 heterocycles. The summed E-state index contributed by atoms with van der Waals surface area (Å²) in [5, 5.41) is 0. The van der Waals surface area contributed by atoms with Crippen LogP contribution in [0.25, 0.3) is 0 Å². The molecule has 13 heavy (non-hydrogen) atoms. The summed E-state index contributed by atoms with van der Waals surface area (Å²) in [5.41, 5.74) is 0. The normalized spacial score (nSPS) is 11.7. The summed E-state index contributed by atoms with van der Waals surface area (Å²) in [6, 6.07) is 0. The first-order chi connectivity index (χ1) is 6.31. The Hall–Kier alpha value is 0.100. The van der Waals surface area contributed by atoms with Crippen LogP contribution in [-0.4, -0.2) is 12.3 Å². The molecule has 0 radical (unpaired) electrons. The Morgan fingerprint density at radius 2 is 1.23 bits per heavy atom. The van der Waals surface area contributed by atoms with Crippen molar-refractivity contribution in [3.8, 4) is 0 Å². The minimum absolute atomic E-state index is 0.859. The second-order valence-electron chi connectivity index (χ2n) is 3.70. The first-order valence-corrected chi connectivity index (χ1v) is 7.36. The number of unbranched alkanes of at least 4 members (excludes halogenated alkanes) is 5. The predicted molar refractivity (Wildman–Crippen MR) is 61.0 cm³/mol. The Labute approximate surface area is 84.1 Å². The molecule has 0 aromatic carbocycles. The summed E-state index contributed by atoms with van der Waals surface area (Å²) in [5.74, 6) is 0. The molecule has 0 aromatic rings. The molecule has 0 aliphatic rings. The summed E-state index contributed by atoms with van der Waals surface area (Å²) in [7, 11) is -0.859. The van der Waals surface area contributed by atoms with Crippen molar-refractivity contribution in [3.05, 3.63) is 0 Å². The highest BCUT2D eigenvalue weighted by atomic mass is 31.1. The Bertz CT molecular complexity index is 123. The topological polar surface area (TPSA) is 17.1 Å². The third-order valence-corrected chi connectivity index (χ3v) is 3.90. The van der Waals surface area contributed by atoms with Crippen LogP contribution in [-0.2, 0) is 4.57 Å². The lowest BCUT2D eigenvalue weighted by Gasteiger charge is -1.92. The zero-order valence-corrected chi connectivity index (χ0v) is 10.1. The van der Waals surface area contributed by atoms with Crippen LogP contribution in [0.3, 0.4) is 0 Å². The van der Waals surface area contributed by atoms with Crippen molar-refractivity contribution >= 4 is 7.80 Å². The van der Waals surface area contributed by atoms with E-state index in [-0.39, 0.29) is 0 Å². The van der Waals surface area contributed by atoms with Crippen molar-refractivity contribution in [2.45, 2.75) is 58.8 Å². The highest BCUT2D eigenvalue weighted by Crippen LogP contribution is 2.24. The van der Waals surface area contributed by atoms with Gasteiger partial charge in [-0.05, 0) is 25.7 Å². The van der Waals surface area contributed by atoms with Gasteiger partial charge in [0.15, 0.2) is 0 Å². The van der Waals surface area contributed by atoms with Gasteiger partial charge in [0.1, 0.15) is 12.3 Å². The van der Waals surface area contributed by atoms with Crippen molar-refractivity contribution in [3.63, 3.8) is 0 Å². The molecule has 0 N–H and O–H groups in total. The molecule has 0 saturated carbocycles. The average Bonchev–Trinajstić information content (AvgIpc) is 2.13. The lowest BCUT2D eigenvalue weighted by molar-refractivity contribution is 0.580. The molecule has 0 bridgehead atoms. The molecule has 0 aromatic heterocycles. The molecular weight excluding hydrogens is 179 g/mol. The molecule has 0 rings (SSSR count). The van der Waals surface area contributed by atoms with Gasteiger partial charge in [0, 0.05) is 0 Å². The van der Waals surface area contributed by atoms with Gasteiger partial charge < -0.3 is 0 Å². The van der Waals surface area contributed by atoms with Crippen LogP contribution in [0.15, 0.2) is 0 Å². The monoisotopic (exact) mass is 203 g/mol. The van der Waals surface area contributed by atoms with Gasteiger partial charge in [0.25, 0.3) is 0 Å². The van der Waals surface area contributed by atoms with Crippen molar-refractivity contribution < 1.29 is 4.57 Å². The molecular formula is C11H24OP+. The zero-order valence-electron chi connectivity index (χ0n) is 9.22. The van der Waals surface area contributed by atoms with E-state index in [1.165, 1.54) is 44.9 Å². The van der Waals surface area contributed by atoms with Gasteiger partial charge in [-0.3, -0.25) is 0 Å². The molecule has 0 saturated heterocycles. The summed E-state index contributed by atoms with van der Waals surface area (Å²) >= 11 is 0. The van der Waals surface area contributed by atoms with Crippen LogP contribution >= 0.6 is 7.80 Å². The van der Waals surface area contributed by atoms with E-state index in [1.54, 1.807) is 0 Å². The Morgan fingerprint density at radius 1 is 0.769 bits per heavy atom. The van der Waals surface area contributed by atoms with Gasteiger partial charge >= 0.3 is 7.80 Å². The standard InChI is InChI=1S/C11H24OP/c1-3-5-7-9-11-13(12)10-8-6-4-2/h3-11H2,1-2H3/q+1. The van der Waals surface area contributed by atoms with Gasteiger partial charge in [-0.1, -0.05) is 37.7 Å². The molecule has 0 aliphatic heterocycles. The molecule has 0 spiro atoms. The van der Waals surface area contributed by atoms with Crippen molar-refractivity contribution in [2.24, 2.45) is 0 Å². The fraction of sp³-hybridized carbons (Fsp3) is 1.00. The van der Waals surface area contributed by atoms with E-state index in [0.29, 0.717) is 0 Å². The Morgan fingerprint density at radius 3 is 1.77 bits per heavy atom. The summed E-state index contributed by atoms with van der Waals surface area (Å²) in [6.45, 7) is 4.40. The average molecular weight is 203 g/mol. The third kappa shape index (κ3) is 10.0.